The summed E-state index contributed by atoms with van der Waals surface area (Å²) in [6.45, 7) is 0. The van der Waals surface area contributed by atoms with Crippen molar-refractivity contribution in [2.75, 3.05) is 17.8 Å². The van der Waals surface area contributed by atoms with Gasteiger partial charge in [-0.25, -0.2) is 4.79 Å². The van der Waals surface area contributed by atoms with Crippen LogP contribution in [0.2, 0.25) is 0 Å². The Morgan fingerprint density at radius 1 is 1.03 bits per heavy atom. The average molecular weight is 553 g/mol. The lowest BCUT2D eigenvalue weighted by molar-refractivity contribution is -0.141. The van der Waals surface area contributed by atoms with Gasteiger partial charge >= 0.3 is 5.97 Å². The van der Waals surface area contributed by atoms with Gasteiger partial charge in [0.15, 0.2) is 0 Å². The van der Waals surface area contributed by atoms with E-state index in [0.717, 1.165) is 16.5 Å². The largest absolute Gasteiger partial charge is 0.480 e. The molecule has 202 valence electrons. The number of amides is 4. The number of hydrogen-bond donors (Lipinski definition) is 8. The van der Waals surface area contributed by atoms with Crippen molar-refractivity contribution in [3.05, 3.63) is 36.0 Å². The molecule has 14 heteroatoms. The number of aromatic amines is 1. The SMILES string of the molecule is CSCCC(NC(=O)C(CC(N)=O)NC(=O)C(N)Cc1c[nH]c2ccccc12)C(=O)NC(CS)C(=O)O. The second kappa shape index (κ2) is 14.5. The van der Waals surface area contributed by atoms with E-state index in [0.29, 0.717) is 5.75 Å². The molecule has 2 rings (SSSR count). The van der Waals surface area contributed by atoms with Crippen molar-refractivity contribution < 1.29 is 29.1 Å². The van der Waals surface area contributed by atoms with E-state index in [1.54, 1.807) is 12.5 Å². The van der Waals surface area contributed by atoms with Gasteiger partial charge in [0.05, 0.1) is 12.5 Å². The zero-order valence-electron chi connectivity index (χ0n) is 20.2. The number of fused-ring (bicyclic) bond motifs is 1. The maximum atomic E-state index is 13.0. The van der Waals surface area contributed by atoms with Crippen molar-refractivity contribution >= 4 is 64.9 Å². The summed E-state index contributed by atoms with van der Waals surface area (Å²) in [6, 6.07) is 2.70. The first-order chi connectivity index (χ1) is 17.6. The van der Waals surface area contributed by atoms with Crippen LogP contribution in [0.15, 0.2) is 30.5 Å². The molecule has 0 spiro atoms. The summed E-state index contributed by atoms with van der Waals surface area (Å²) in [5.41, 5.74) is 13.1. The van der Waals surface area contributed by atoms with Crippen molar-refractivity contribution in [2.24, 2.45) is 11.5 Å². The number of benzene rings is 1. The maximum Gasteiger partial charge on any atom is 0.327 e. The fraction of sp³-hybridized carbons (Fsp3) is 0.435. The molecule has 37 heavy (non-hydrogen) atoms. The first-order valence-corrected chi connectivity index (χ1v) is 13.4. The standard InChI is InChI=1S/C23H32N6O6S2/c1-37-7-6-16(21(32)29-18(11-36)23(34)35)27-22(33)17(9-19(25)30)28-20(31)14(24)8-12-10-26-15-5-3-2-4-13(12)15/h2-5,10,14,16-18,26,36H,6-9,11,24H2,1H3,(H2,25,30)(H,27,33)(H,28,31)(H,29,32)(H,34,35). The van der Waals surface area contributed by atoms with Crippen LogP contribution in [0.1, 0.15) is 18.4 Å². The fourth-order valence-corrected chi connectivity index (χ4v) is 4.27. The number of carbonyl (C=O) groups excluding carboxylic acids is 4. The lowest BCUT2D eigenvalue weighted by atomic mass is 10.0. The Bertz CT molecular complexity index is 1130. The number of rotatable bonds is 15. The maximum absolute atomic E-state index is 13.0. The monoisotopic (exact) mass is 552 g/mol. The molecule has 1 heterocycles. The molecule has 9 N–H and O–H groups in total. The molecular formula is C23H32N6O6S2. The number of thiol groups is 1. The third kappa shape index (κ3) is 8.98. The third-order valence-corrected chi connectivity index (χ3v) is 6.54. The molecule has 12 nitrogen and oxygen atoms in total. The third-order valence-electron chi connectivity index (χ3n) is 5.53. The number of carboxylic acids is 1. The van der Waals surface area contributed by atoms with E-state index in [1.807, 2.05) is 24.3 Å². The molecule has 2 aromatic rings. The summed E-state index contributed by atoms with van der Waals surface area (Å²) in [5, 5.41) is 17.3. The Balaban J connectivity index is 2.11. The topological polar surface area (TPSA) is 209 Å². The van der Waals surface area contributed by atoms with Gasteiger partial charge in [0.25, 0.3) is 0 Å². The van der Waals surface area contributed by atoms with Gasteiger partial charge in [0.2, 0.25) is 23.6 Å². The smallest absolute Gasteiger partial charge is 0.327 e. The van der Waals surface area contributed by atoms with E-state index in [4.69, 9.17) is 11.5 Å². The molecule has 4 unspecified atom stereocenters. The molecule has 0 aliphatic rings. The van der Waals surface area contributed by atoms with Gasteiger partial charge in [0, 0.05) is 22.9 Å². The van der Waals surface area contributed by atoms with E-state index < -0.39 is 60.2 Å². The van der Waals surface area contributed by atoms with Crippen LogP contribution in [0, 0.1) is 0 Å². The van der Waals surface area contributed by atoms with E-state index >= 15 is 0 Å². The number of aliphatic carboxylic acids is 1. The highest BCUT2D eigenvalue weighted by atomic mass is 32.2. The number of nitrogens with one attached hydrogen (secondary N) is 4. The number of thioether (sulfide) groups is 1. The summed E-state index contributed by atoms with van der Waals surface area (Å²) in [5.74, 6) is -4.05. The minimum Gasteiger partial charge on any atom is -0.480 e. The van der Waals surface area contributed by atoms with Crippen LogP contribution in [0.5, 0.6) is 0 Å². The van der Waals surface area contributed by atoms with Gasteiger partial charge in [-0.15, -0.1) is 0 Å². The lowest BCUT2D eigenvalue weighted by Crippen LogP contribution is -2.58. The van der Waals surface area contributed by atoms with Gasteiger partial charge in [0.1, 0.15) is 18.1 Å². The van der Waals surface area contributed by atoms with Crippen LogP contribution in [-0.2, 0) is 30.4 Å². The molecule has 4 atom stereocenters. The first-order valence-electron chi connectivity index (χ1n) is 11.4. The van der Waals surface area contributed by atoms with Crippen molar-refractivity contribution in [1.29, 1.82) is 0 Å². The number of nitrogens with two attached hydrogens (primary N) is 2. The number of hydrogen-bond acceptors (Lipinski definition) is 8. The van der Waals surface area contributed by atoms with E-state index in [1.165, 1.54) is 11.8 Å². The van der Waals surface area contributed by atoms with Gasteiger partial charge in [-0.05, 0) is 36.5 Å². The second-order valence-electron chi connectivity index (χ2n) is 8.33. The summed E-state index contributed by atoms with van der Waals surface area (Å²) in [4.78, 5) is 64.5. The fourth-order valence-electron chi connectivity index (χ4n) is 3.55. The highest BCUT2D eigenvalue weighted by Gasteiger charge is 2.31. The Morgan fingerprint density at radius 3 is 2.27 bits per heavy atom. The Labute approximate surface area is 223 Å². The molecule has 0 fully saturated rings. The van der Waals surface area contributed by atoms with Gasteiger partial charge in [-0.1, -0.05) is 18.2 Å². The molecule has 4 amide bonds. The molecule has 0 aliphatic heterocycles. The number of aromatic nitrogens is 1. The van der Waals surface area contributed by atoms with Crippen LogP contribution in [0.4, 0.5) is 0 Å². The summed E-state index contributed by atoms with van der Waals surface area (Å²) in [6.07, 6.45) is 3.36. The van der Waals surface area contributed by atoms with E-state index in [9.17, 15) is 29.1 Å². The number of carboxylic acid groups (broad SMARTS) is 1. The minimum atomic E-state index is -1.39. The zero-order chi connectivity index (χ0) is 27.5. The molecule has 1 aromatic carbocycles. The van der Waals surface area contributed by atoms with E-state index in [-0.39, 0.29) is 18.6 Å². The summed E-state index contributed by atoms with van der Waals surface area (Å²) < 4.78 is 0. The minimum absolute atomic E-state index is 0.154. The molecular weight excluding hydrogens is 520 g/mol. The summed E-state index contributed by atoms with van der Waals surface area (Å²) in [7, 11) is 0. The number of H-pyrrole nitrogens is 1. The second-order valence-corrected chi connectivity index (χ2v) is 9.68. The molecule has 0 aliphatic carbocycles. The zero-order valence-corrected chi connectivity index (χ0v) is 21.9. The van der Waals surface area contributed by atoms with Crippen LogP contribution < -0.4 is 27.4 Å². The number of para-hydroxylation sites is 1. The van der Waals surface area contributed by atoms with Crippen LogP contribution >= 0.6 is 24.4 Å². The molecule has 0 saturated carbocycles. The van der Waals surface area contributed by atoms with Gasteiger partial charge in [-0.3, -0.25) is 19.2 Å². The summed E-state index contributed by atoms with van der Waals surface area (Å²) >= 11 is 5.33. The van der Waals surface area contributed by atoms with Crippen molar-refractivity contribution in [1.82, 2.24) is 20.9 Å². The van der Waals surface area contributed by atoms with Crippen molar-refractivity contribution in [3.63, 3.8) is 0 Å². The van der Waals surface area contributed by atoms with Crippen LogP contribution in [0.25, 0.3) is 10.9 Å². The molecule has 0 bridgehead atoms. The van der Waals surface area contributed by atoms with Gasteiger partial charge < -0.3 is 37.5 Å². The highest BCUT2D eigenvalue weighted by molar-refractivity contribution is 7.98. The average Bonchev–Trinajstić information content (AvgIpc) is 3.26. The molecule has 1 aromatic heterocycles. The highest BCUT2D eigenvalue weighted by Crippen LogP contribution is 2.18. The Morgan fingerprint density at radius 2 is 1.65 bits per heavy atom. The van der Waals surface area contributed by atoms with Crippen molar-refractivity contribution in [3.8, 4) is 0 Å². The lowest BCUT2D eigenvalue weighted by Gasteiger charge is -2.24. The van der Waals surface area contributed by atoms with Gasteiger partial charge in [-0.2, -0.15) is 24.4 Å². The predicted molar refractivity (Wildman–Crippen MR) is 144 cm³/mol. The Hall–Kier alpha value is -3.23. The van der Waals surface area contributed by atoms with E-state index in [2.05, 4.69) is 33.6 Å². The molecule has 0 saturated heterocycles. The Kier molecular flexibility index (Phi) is 11.8. The normalized spacial score (nSPS) is 14.2. The van der Waals surface area contributed by atoms with Crippen LogP contribution in [-0.4, -0.2) is 81.6 Å². The number of carbonyl (C=O) groups is 5. The van der Waals surface area contributed by atoms with Crippen molar-refractivity contribution in [2.45, 2.75) is 43.4 Å². The molecule has 0 radical (unpaired) electrons. The van der Waals surface area contributed by atoms with Crippen LogP contribution in [0.3, 0.4) is 0 Å². The quantitative estimate of drug-likeness (QED) is 0.130. The predicted octanol–water partition coefficient (Wildman–Crippen LogP) is -0.865. The number of primary amides is 1. The first kappa shape index (κ1) is 30.0.